The molecular formula is C22H29ClN6O2. The lowest BCUT2D eigenvalue weighted by molar-refractivity contribution is 0.298. The van der Waals surface area contributed by atoms with Crippen molar-refractivity contribution in [2.45, 2.75) is 19.4 Å². The molecule has 0 radical (unpaired) electrons. The Bertz CT molecular complexity index is 1060. The van der Waals surface area contributed by atoms with Crippen LogP contribution in [0, 0.1) is 0 Å². The van der Waals surface area contributed by atoms with Gasteiger partial charge in [-0.2, -0.15) is 0 Å². The Balaban J connectivity index is 2.16. The summed E-state index contributed by atoms with van der Waals surface area (Å²) >= 11 is 6.63. The van der Waals surface area contributed by atoms with Crippen molar-refractivity contribution >= 4 is 34.3 Å². The molecule has 166 valence electrons. The molecule has 0 aliphatic heterocycles. The third-order valence-corrected chi connectivity index (χ3v) is 5.63. The van der Waals surface area contributed by atoms with Crippen LogP contribution in [0.15, 0.2) is 24.4 Å². The van der Waals surface area contributed by atoms with Crippen molar-refractivity contribution < 1.29 is 9.47 Å². The lowest BCUT2D eigenvalue weighted by atomic mass is 10.1. The van der Waals surface area contributed by atoms with Crippen LogP contribution in [-0.4, -0.2) is 67.8 Å². The normalized spacial score (nSPS) is 12.1. The van der Waals surface area contributed by atoms with E-state index in [1.54, 1.807) is 33.5 Å². The molecule has 2 heterocycles. The minimum Gasteiger partial charge on any atom is -0.497 e. The summed E-state index contributed by atoms with van der Waals surface area (Å²) < 4.78 is 10.8. The summed E-state index contributed by atoms with van der Waals surface area (Å²) in [4.78, 5) is 16.1. The van der Waals surface area contributed by atoms with Gasteiger partial charge in [0, 0.05) is 42.8 Å². The average Bonchev–Trinajstić information content (AvgIpc) is 2.78. The Morgan fingerprint density at radius 1 is 1.13 bits per heavy atom. The first-order chi connectivity index (χ1) is 14.9. The number of hydrogen-bond donors (Lipinski definition) is 2. The quantitative estimate of drug-likeness (QED) is 0.509. The highest BCUT2D eigenvalue weighted by atomic mass is 35.5. The fourth-order valence-corrected chi connectivity index (χ4v) is 3.64. The number of fused-ring (bicyclic) bond motifs is 1. The maximum atomic E-state index is 6.63. The van der Waals surface area contributed by atoms with Crippen molar-refractivity contribution in [1.29, 1.82) is 0 Å². The highest BCUT2D eigenvalue weighted by Gasteiger charge is 2.18. The van der Waals surface area contributed by atoms with Crippen LogP contribution < -0.4 is 20.1 Å². The molecular weight excluding hydrogens is 416 g/mol. The number of ether oxygens (including phenoxy) is 2. The number of hydrogen-bond acceptors (Lipinski definition) is 8. The van der Waals surface area contributed by atoms with Crippen molar-refractivity contribution in [3.05, 3.63) is 29.4 Å². The topological polar surface area (TPSA) is 84.4 Å². The van der Waals surface area contributed by atoms with Crippen LogP contribution in [-0.2, 0) is 0 Å². The van der Waals surface area contributed by atoms with Crippen LogP contribution >= 0.6 is 11.6 Å². The Morgan fingerprint density at radius 2 is 1.90 bits per heavy atom. The first-order valence-corrected chi connectivity index (χ1v) is 10.5. The van der Waals surface area contributed by atoms with E-state index in [4.69, 9.17) is 26.1 Å². The highest BCUT2D eigenvalue weighted by molar-refractivity contribution is 6.34. The summed E-state index contributed by atoms with van der Waals surface area (Å²) in [5.74, 6) is 2.36. The zero-order chi connectivity index (χ0) is 22.5. The molecule has 1 unspecified atom stereocenters. The van der Waals surface area contributed by atoms with Gasteiger partial charge in [-0.15, -0.1) is 0 Å². The van der Waals surface area contributed by atoms with Crippen molar-refractivity contribution in [2.75, 3.05) is 52.5 Å². The van der Waals surface area contributed by atoms with Gasteiger partial charge >= 0.3 is 0 Å². The summed E-state index contributed by atoms with van der Waals surface area (Å²) in [6, 6.07) is 5.87. The second-order valence-electron chi connectivity index (χ2n) is 7.34. The first-order valence-electron chi connectivity index (χ1n) is 10.1. The molecule has 0 aliphatic carbocycles. The van der Waals surface area contributed by atoms with E-state index < -0.39 is 0 Å². The number of anilines is 2. The maximum Gasteiger partial charge on any atom is 0.223 e. The smallest absolute Gasteiger partial charge is 0.223 e. The van der Waals surface area contributed by atoms with Crippen molar-refractivity contribution in [3.63, 3.8) is 0 Å². The predicted octanol–water partition coefficient (Wildman–Crippen LogP) is 4.16. The predicted molar refractivity (Wildman–Crippen MR) is 127 cm³/mol. The van der Waals surface area contributed by atoms with Crippen LogP contribution in [0.5, 0.6) is 11.5 Å². The molecule has 3 aromatic rings. The SMILES string of the molecule is CCC(CNc1nc(-c2cc(OC)cc(OC)c2Cl)cc2cnc(NC)nc12)N(C)C. The first kappa shape index (κ1) is 22.8. The molecule has 1 atom stereocenters. The van der Waals surface area contributed by atoms with Gasteiger partial charge in [0.25, 0.3) is 0 Å². The minimum absolute atomic E-state index is 0.353. The molecule has 31 heavy (non-hydrogen) atoms. The number of pyridine rings is 1. The van der Waals surface area contributed by atoms with Crippen LogP contribution in [0.1, 0.15) is 13.3 Å². The Morgan fingerprint density at radius 3 is 2.52 bits per heavy atom. The van der Waals surface area contributed by atoms with E-state index in [0.29, 0.717) is 45.6 Å². The molecule has 3 rings (SSSR count). The second-order valence-corrected chi connectivity index (χ2v) is 7.71. The maximum absolute atomic E-state index is 6.63. The Kier molecular flexibility index (Phi) is 7.35. The largest absolute Gasteiger partial charge is 0.497 e. The fourth-order valence-electron chi connectivity index (χ4n) is 3.35. The van der Waals surface area contributed by atoms with Gasteiger partial charge < -0.3 is 25.0 Å². The van der Waals surface area contributed by atoms with Crippen molar-refractivity contribution in [1.82, 2.24) is 19.9 Å². The standard InChI is InChI=1S/C22H29ClN6O2/c1-7-14(29(3)4)12-25-21-20-13(11-26-22(24-2)28-20)8-17(27-21)16-9-15(30-5)10-18(31-6)19(16)23/h8-11,14H,7,12H2,1-6H3,(H,25,27)(H,24,26,28). The third-order valence-electron chi connectivity index (χ3n) is 5.24. The minimum atomic E-state index is 0.353. The van der Waals surface area contributed by atoms with Gasteiger partial charge in [-0.1, -0.05) is 18.5 Å². The summed E-state index contributed by atoms with van der Waals surface area (Å²) in [6.07, 6.45) is 2.78. The summed E-state index contributed by atoms with van der Waals surface area (Å²) in [5, 5.41) is 7.78. The number of rotatable bonds is 9. The van der Waals surface area contributed by atoms with Gasteiger partial charge in [-0.05, 0) is 32.6 Å². The van der Waals surface area contributed by atoms with E-state index in [-0.39, 0.29) is 0 Å². The van der Waals surface area contributed by atoms with E-state index in [2.05, 4.69) is 46.5 Å². The zero-order valence-electron chi connectivity index (χ0n) is 18.8. The van der Waals surface area contributed by atoms with E-state index in [1.165, 1.54) is 0 Å². The highest BCUT2D eigenvalue weighted by Crippen LogP contribution is 2.39. The molecule has 0 saturated carbocycles. The molecule has 8 nitrogen and oxygen atoms in total. The molecule has 0 spiro atoms. The molecule has 2 N–H and O–H groups in total. The monoisotopic (exact) mass is 444 g/mol. The number of nitrogens with zero attached hydrogens (tertiary/aromatic N) is 4. The van der Waals surface area contributed by atoms with Crippen molar-refractivity contribution in [2.24, 2.45) is 0 Å². The van der Waals surface area contributed by atoms with Gasteiger partial charge in [-0.25, -0.2) is 15.0 Å². The van der Waals surface area contributed by atoms with E-state index in [1.807, 2.05) is 12.1 Å². The van der Waals surface area contributed by atoms with Gasteiger partial charge in [-0.3, -0.25) is 0 Å². The number of halogens is 1. The van der Waals surface area contributed by atoms with Crippen LogP contribution in [0.2, 0.25) is 5.02 Å². The molecule has 2 aromatic heterocycles. The lowest BCUT2D eigenvalue weighted by Gasteiger charge is -2.23. The summed E-state index contributed by atoms with van der Waals surface area (Å²) in [7, 11) is 9.11. The molecule has 0 fully saturated rings. The molecule has 0 amide bonds. The van der Waals surface area contributed by atoms with Gasteiger partial charge in [0.2, 0.25) is 5.95 Å². The number of benzene rings is 1. The average molecular weight is 445 g/mol. The fraction of sp³-hybridized carbons (Fsp3) is 0.409. The number of aromatic nitrogens is 3. The van der Waals surface area contributed by atoms with Gasteiger partial charge in [0.05, 0.1) is 24.9 Å². The van der Waals surface area contributed by atoms with E-state index in [9.17, 15) is 0 Å². The van der Waals surface area contributed by atoms with Crippen LogP contribution in [0.25, 0.3) is 22.2 Å². The molecule has 0 bridgehead atoms. The molecule has 0 saturated heterocycles. The Labute approximate surface area is 188 Å². The second kappa shape index (κ2) is 9.98. The van der Waals surface area contributed by atoms with Gasteiger partial charge in [0.15, 0.2) is 5.82 Å². The molecule has 1 aromatic carbocycles. The van der Waals surface area contributed by atoms with E-state index >= 15 is 0 Å². The van der Waals surface area contributed by atoms with E-state index in [0.717, 1.165) is 23.9 Å². The number of nitrogens with one attached hydrogen (secondary N) is 2. The summed E-state index contributed by atoms with van der Waals surface area (Å²) in [5.41, 5.74) is 2.12. The molecule has 0 aliphatic rings. The number of methoxy groups -OCH3 is 2. The summed E-state index contributed by atoms with van der Waals surface area (Å²) in [6.45, 7) is 2.89. The lowest BCUT2D eigenvalue weighted by Crippen LogP contribution is -2.34. The number of likely N-dealkylation sites (N-methyl/N-ethyl adjacent to an activating group) is 1. The van der Waals surface area contributed by atoms with Crippen LogP contribution in [0.3, 0.4) is 0 Å². The Hall–Kier alpha value is -2.84. The van der Waals surface area contributed by atoms with Crippen LogP contribution in [0.4, 0.5) is 11.8 Å². The van der Waals surface area contributed by atoms with Crippen molar-refractivity contribution in [3.8, 4) is 22.8 Å². The third kappa shape index (κ3) is 4.91. The zero-order valence-corrected chi connectivity index (χ0v) is 19.5. The van der Waals surface area contributed by atoms with Gasteiger partial charge in [0.1, 0.15) is 17.0 Å². The molecule has 9 heteroatoms.